The first-order valence-electron chi connectivity index (χ1n) is 13.5. The first-order valence-corrected chi connectivity index (χ1v) is 15.4. The van der Waals surface area contributed by atoms with E-state index in [-0.39, 0.29) is 41.7 Å². The van der Waals surface area contributed by atoms with E-state index in [9.17, 15) is 24.3 Å². The van der Waals surface area contributed by atoms with E-state index in [1.54, 1.807) is 24.3 Å². The van der Waals surface area contributed by atoms with E-state index >= 15 is 0 Å². The summed E-state index contributed by atoms with van der Waals surface area (Å²) in [6, 6.07) is 14.1. The second-order valence-electron chi connectivity index (χ2n) is 11.1. The van der Waals surface area contributed by atoms with E-state index in [0.717, 1.165) is 10.5 Å². The van der Waals surface area contributed by atoms with Gasteiger partial charge in [0.25, 0.3) is 11.8 Å². The fraction of sp³-hybridized carbons (Fsp3) is 0.355. The van der Waals surface area contributed by atoms with Gasteiger partial charge in [0.15, 0.2) is 21.2 Å². The van der Waals surface area contributed by atoms with Crippen molar-refractivity contribution in [2.75, 3.05) is 12.6 Å². The molecule has 4 aliphatic rings. The maximum atomic E-state index is 13.9. The minimum absolute atomic E-state index is 0.0315. The van der Waals surface area contributed by atoms with Gasteiger partial charge in [-0.05, 0) is 42.0 Å². The zero-order valence-electron chi connectivity index (χ0n) is 22.5. The number of phenols is 1. The van der Waals surface area contributed by atoms with Crippen molar-refractivity contribution in [3.63, 3.8) is 0 Å². The van der Waals surface area contributed by atoms with Crippen LogP contribution < -0.4 is 4.74 Å². The topological polar surface area (TPSA) is 104 Å². The summed E-state index contributed by atoms with van der Waals surface area (Å²) >= 11 is 17.6. The Bertz CT molecular complexity index is 1560. The van der Waals surface area contributed by atoms with E-state index in [1.807, 2.05) is 36.4 Å². The summed E-state index contributed by atoms with van der Waals surface area (Å²) in [5.74, 6) is -4.37. The van der Waals surface area contributed by atoms with Crippen molar-refractivity contribution < 1.29 is 29.0 Å². The molecule has 2 aliphatic heterocycles. The fourth-order valence-corrected chi connectivity index (χ4v) is 8.37. The number of allylic oxidation sites excluding steroid dienone is 3. The number of ether oxygens (including phenoxy) is 1. The molecule has 2 saturated heterocycles. The molecule has 0 unspecified atom stereocenters. The van der Waals surface area contributed by atoms with Crippen molar-refractivity contribution >= 4 is 68.8 Å². The quantitative estimate of drug-likeness (QED) is 0.203. The number of fused-ring (bicyclic) bond motifs is 4. The van der Waals surface area contributed by atoms with Crippen LogP contribution in [0, 0.1) is 23.7 Å². The highest BCUT2D eigenvalue weighted by atomic mass is 79.9. The van der Waals surface area contributed by atoms with Gasteiger partial charge in [0.2, 0.25) is 11.8 Å². The predicted molar refractivity (Wildman–Crippen MR) is 160 cm³/mol. The molecule has 8 nitrogen and oxygen atoms in total. The van der Waals surface area contributed by atoms with Crippen molar-refractivity contribution in [1.29, 1.82) is 0 Å². The molecular formula is C31H27BrCl2N2O6. The van der Waals surface area contributed by atoms with Crippen LogP contribution in [0.4, 0.5) is 0 Å². The zero-order chi connectivity index (χ0) is 30.0. The summed E-state index contributed by atoms with van der Waals surface area (Å²) in [5.41, 5.74) is 2.11. The summed E-state index contributed by atoms with van der Waals surface area (Å²) in [6.45, 7) is 0.153. The maximum Gasteiger partial charge on any atom is 0.254 e. The Balaban J connectivity index is 1.43. The van der Waals surface area contributed by atoms with Gasteiger partial charge in [-0.25, -0.2) is 0 Å². The van der Waals surface area contributed by atoms with Gasteiger partial charge in [0.05, 0.1) is 30.9 Å². The molecule has 6 rings (SSSR count). The molecule has 2 aromatic carbocycles. The SMILES string of the molecule is COc1cc(C=C[C@H]2C3=CC[C@@H]4C(=O)N(Cc5ccccc5)C(=O)[C@@H]4[C@@H]3C[C@@]3(Cl)C(=O)N(CBr)C(=O)[C@@]23Cl)ccc1O. The van der Waals surface area contributed by atoms with Gasteiger partial charge in [-0.3, -0.25) is 29.0 Å². The predicted octanol–water partition coefficient (Wildman–Crippen LogP) is 4.86. The molecule has 6 atom stereocenters. The number of imide groups is 2. The lowest BCUT2D eigenvalue weighted by atomic mass is 9.57. The standard InChI is InChI=1S/C31H27BrCl2N2O6/c1-42-24-13-17(8-12-23(24)37)7-11-22-19-9-10-20-25(27(39)35(26(20)38)15-18-5-3-2-4-6-18)21(19)14-30(33)28(40)36(16-32)29(41)31(22,30)34/h2-9,11-13,20-22,25,37H,10,14-16H2,1H3/t20-,21+,22-,25-,30+,31-/m0/s1. The van der Waals surface area contributed by atoms with Crippen LogP contribution in [0.25, 0.3) is 6.08 Å². The van der Waals surface area contributed by atoms with E-state index in [1.165, 1.54) is 18.1 Å². The number of nitrogens with zero attached hydrogens (tertiary/aromatic N) is 2. The van der Waals surface area contributed by atoms with E-state index in [4.69, 9.17) is 27.9 Å². The van der Waals surface area contributed by atoms with Crippen LogP contribution >= 0.6 is 39.1 Å². The third-order valence-electron chi connectivity index (χ3n) is 9.03. The fourth-order valence-electron chi connectivity index (χ4n) is 6.99. The van der Waals surface area contributed by atoms with Gasteiger partial charge in [0.1, 0.15) is 0 Å². The lowest BCUT2D eigenvalue weighted by Crippen LogP contribution is -2.60. The molecule has 3 fully saturated rings. The Morgan fingerprint density at radius 3 is 2.45 bits per heavy atom. The Hall–Kier alpha value is -3.14. The summed E-state index contributed by atoms with van der Waals surface area (Å²) < 4.78 is 5.22. The molecule has 2 aromatic rings. The Morgan fingerprint density at radius 1 is 1.02 bits per heavy atom. The van der Waals surface area contributed by atoms with E-state index in [2.05, 4.69) is 15.9 Å². The summed E-state index contributed by atoms with van der Waals surface area (Å²) in [5, 5.41) is 10.0. The van der Waals surface area contributed by atoms with Crippen molar-refractivity contribution in [2.24, 2.45) is 23.7 Å². The Labute approximate surface area is 261 Å². The van der Waals surface area contributed by atoms with Crippen molar-refractivity contribution in [1.82, 2.24) is 9.80 Å². The number of hydrogen-bond donors (Lipinski definition) is 1. The van der Waals surface area contributed by atoms with Gasteiger partial charge in [0, 0.05) is 5.92 Å². The average molecular weight is 674 g/mol. The van der Waals surface area contributed by atoms with Crippen molar-refractivity contribution in [3.8, 4) is 11.5 Å². The summed E-state index contributed by atoms with van der Waals surface area (Å²) in [6.07, 6.45) is 5.58. The number of carbonyl (C=O) groups is 4. The molecule has 11 heteroatoms. The number of aromatic hydroxyl groups is 1. The first-order chi connectivity index (χ1) is 20.1. The molecule has 218 valence electrons. The molecule has 1 N–H and O–H groups in total. The van der Waals surface area contributed by atoms with E-state index in [0.29, 0.717) is 17.6 Å². The van der Waals surface area contributed by atoms with Crippen LogP contribution in [0.2, 0.25) is 0 Å². The molecule has 0 radical (unpaired) electrons. The number of carbonyl (C=O) groups excluding carboxylic acids is 4. The third-order valence-corrected chi connectivity index (χ3v) is 11.0. The van der Waals surface area contributed by atoms with Crippen molar-refractivity contribution in [3.05, 3.63) is 77.4 Å². The number of amides is 4. The minimum atomic E-state index is -1.86. The van der Waals surface area contributed by atoms with Gasteiger partial charge in [-0.15, -0.1) is 23.2 Å². The highest BCUT2D eigenvalue weighted by Crippen LogP contribution is 2.63. The third kappa shape index (κ3) is 4.07. The second-order valence-corrected chi connectivity index (χ2v) is 12.8. The zero-order valence-corrected chi connectivity index (χ0v) is 25.6. The van der Waals surface area contributed by atoms with Crippen molar-refractivity contribution in [2.45, 2.75) is 29.1 Å². The number of halogens is 3. The normalized spacial score (nSPS) is 32.2. The number of alkyl halides is 3. The molecule has 0 spiro atoms. The number of methoxy groups -OCH3 is 1. The Morgan fingerprint density at radius 2 is 1.76 bits per heavy atom. The molecule has 0 aromatic heterocycles. The van der Waals surface area contributed by atoms with Gasteiger partial charge in [-0.1, -0.05) is 76.1 Å². The largest absolute Gasteiger partial charge is 0.504 e. The first kappa shape index (κ1) is 29.0. The van der Waals surface area contributed by atoms with Crippen LogP contribution in [0.5, 0.6) is 11.5 Å². The minimum Gasteiger partial charge on any atom is -0.504 e. The molecule has 2 aliphatic carbocycles. The van der Waals surface area contributed by atoms with E-state index < -0.39 is 45.2 Å². The Kier molecular flexibility index (Phi) is 7.27. The number of phenolic OH excluding ortho intramolecular Hbond substituents is 1. The summed E-state index contributed by atoms with van der Waals surface area (Å²) in [4.78, 5) is 53.5. The smallest absolute Gasteiger partial charge is 0.254 e. The monoisotopic (exact) mass is 672 g/mol. The molecule has 0 bridgehead atoms. The lowest BCUT2D eigenvalue weighted by molar-refractivity contribution is -0.141. The molecule has 2 heterocycles. The van der Waals surface area contributed by atoms with Gasteiger partial charge < -0.3 is 9.84 Å². The molecular weight excluding hydrogens is 647 g/mol. The van der Waals surface area contributed by atoms with Gasteiger partial charge >= 0.3 is 0 Å². The van der Waals surface area contributed by atoms with Crippen LogP contribution in [0.3, 0.4) is 0 Å². The van der Waals surface area contributed by atoms with Crippen LogP contribution in [-0.4, -0.2) is 60.8 Å². The van der Waals surface area contributed by atoms with Crippen LogP contribution in [-0.2, 0) is 25.7 Å². The maximum absolute atomic E-state index is 13.9. The second kappa shape index (κ2) is 10.5. The summed E-state index contributed by atoms with van der Waals surface area (Å²) in [7, 11) is 1.44. The van der Waals surface area contributed by atoms with Crippen LogP contribution in [0.15, 0.2) is 66.3 Å². The highest BCUT2D eigenvalue weighted by molar-refractivity contribution is 9.09. The molecule has 1 saturated carbocycles. The average Bonchev–Trinajstić information content (AvgIpc) is 3.31. The number of hydrogen-bond acceptors (Lipinski definition) is 6. The molecule has 42 heavy (non-hydrogen) atoms. The lowest BCUT2D eigenvalue weighted by Gasteiger charge is -2.49. The highest BCUT2D eigenvalue weighted by Gasteiger charge is 2.75. The number of rotatable bonds is 6. The number of likely N-dealkylation sites (tertiary alicyclic amines) is 2. The van der Waals surface area contributed by atoms with Crippen LogP contribution in [0.1, 0.15) is 24.0 Å². The number of benzene rings is 2. The molecule has 4 amide bonds. The van der Waals surface area contributed by atoms with Gasteiger partial charge in [-0.2, -0.15) is 0 Å².